The van der Waals surface area contributed by atoms with Crippen LogP contribution in [0.15, 0.2) is 72.9 Å². The summed E-state index contributed by atoms with van der Waals surface area (Å²) in [5, 5.41) is 6.13. The Kier molecular flexibility index (Phi) is 10.8. The van der Waals surface area contributed by atoms with E-state index in [4.69, 9.17) is 4.74 Å². The van der Waals surface area contributed by atoms with Gasteiger partial charge in [-0.05, 0) is 74.4 Å². The summed E-state index contributed by atoms with van der Waals surface area (Å²) in [4.78, 5) is 53.5. The molecule has 5 heterocycles. The van der Waals surface area contributed by atoms with Gasteiger partial charge in [0.15, 0.2) is 0 Å². The van der Waals surface area contributed by atoms with Gasteiger partial charge in [0, 0.05) is 69.2 Å². The van der Waals surface area contributed by atoms with Crippen molar-refractivity contribution in [2.24, 2.45) is 0 Å². The summed E-state index contributed by atoms with van der Waals surface area (Å²) in [6, 6.07) is 21.1. The number of benzene rings is 2. The maximum Gasteiger partial charge on any atom is 0.322 e. The van der Waals surface area contributed by atoms with Crippen LogP contribution in [0.5, 0.6) is 5.88 Å². The lowest BCUT2D eigenvalue weighted by Gasteiger charge is -2.42. The van der Waals surface area contributed by atoms with E-state index in [2.05, 4.69) is 20.5 Å². The lowest BCUT2D eigenvalue weighted by atomic mass is 9.98. The fourth-order valence-electron chi connectivity index (χ4n) is 7.88. The summed E-state index contributed by atoms with van der Waals surface area (Å²) in [6.07, 6.45) is 9.19. The summed E-state index contributed by atoms with van der Waals surface area (Å²) in [5.41, 5.74) is 3.87. The molecule has 50 heavy (non-hydrogen) atoms. The Labute approximate surface area is 295 Å². The number of urea groups is 2. The third-order valence-electron chi connectivity index (χ3n) is 10.8. The summed E-state index contributed by atoms with van der Waals surface area (Å²) in [6.45, 7) is 5.71. The molecule has 4 aliphatic rings. The number of amides is 5. The molecule has 2 aromatic carbocycles. The van der Waals surface area contributed by atoms with Crippen molar-refractivity contribution in [3.63, 3.8) is 0 Å². The third-order valence-corrected chi connectivity index (χ3v) is 10.8. The topological polar surface area (TPSA) is 110 Å². The van der Waals surface area contributed by atoms with Crippen molar-refractivity contribution >= 4 is 23.7 Å². The molecule has 1 aromatic heterocycles. The Morgan fingerprint density at radius 3 is 2.24 bits per heavy atom. The van der Waals surface area contributed by atoms with Crippen LogP contribution < -0.4 is 15.4 Å². The van der Waals surface area contributed by atoms with E-state index < -0.39 is 6.04 Å². The molecule has 1 atom stereocenters. The van der Waals surface area contributed by atoms with E-state index in [0.717, 1.165) is 48.3 Å². The minimum Gasteiger partial charge on any atom is -0.473 e. The molecular formula is C39H49N7O4. The molecule has 11 nitrogen and oxygen atoms in total. The summed E-state index contributed by atoms with van der Waals surface area (Å²) in [5.74, 6) is 0.469. The van der Waals surface area contributed by atoms with Gasteiger partial charge in [-0.15, -0.1) is 0 Å². The van der Waals surface area contributed by atoms with Crippen LogP contribution in [-0.4, -0.2) is 99.9 Å². The number of carbonyl (C=O) groups excluding carboxylic acids is 3. The molecule has 0 bridgehead atoms. The van der Waals surface area contributed by atoms with E-state index in [-0.39, 0.29) is 24.0 Å². The van der Waals surface area contributed by atoms with Gasteiger partial charge >= 0.3 is 12.1 Å². The summed E-state index contributed by atoms with van der Waals surface area (Å²) >= 11 is 0. The molecule has 0 aliphatic carbocycles. The normalized spacial score (nSPS) is 19.8. The van der Waals surface area contributed by atoms with Gasteiger partial charge < -0.3 is 35.0 Å². The lowest BCUT2D eigenvalue weighted by Crippen LogP contribution is -2.57. The molecule has 5 amide bonds. The Morgan fingerprint density at radius 1 is 0.800 bits per heavy atom. The maximum atomic E-state index is 14.1. The number of carbonyl (C=O) groups is 3. The SMILES string of the molecule is O=C(NC(Cc1ccc(OCc2ccccc2)nc1)C(=O)N1CCC(N2CCCCC2)CC1)N1CCC(N2Cc3ccccc3NC2=O)CC1. The van der Waals surface area contributed by atoms with Gasteiger partial charge in [0.05, 0.1) is 0 Å². The van der Waals surface area contributed by atoms with Gasteiger partial charge in [0.1, 0.15) is 12.6 Å². The van der Waals surface area contributed by atoms with Crippen LogP contribution in [0.2, 0.25) is 0 Å². The lowest BCUT2D eigenvalue weighted by molar-refractivity contribution is -0.134. The van der Waals surface area contributed by atoms with Crippen molar-refractivity contribution in [2.75, 3.05) is 44.6 Å². The Morgan fingerprint density at radius 2 is 1.50 bits per heavy atom. The van der Waals surface area contributed by atoms with Crippen LogP contribution in [0.1, 0.15) is 61.6 Å². The number of hydrogen-bond acceptors (Lipinski definition) is 6. The predicted molar refractivity (Wildman–Crippen MR) is 192 cm³/mol. The number of hydrogen-bond donors (Lipinski definition) is 2. The molecule has 264 valence electrons. The molecule has 1 unspecified atom stereocenters. The number of rotatable bonds is 9. The van der Waals surface area contributed by atoms with Gasteiger partial charge in [-0.2, -0.15) is 0 Å². The van der Waals surface area contributed by atoms with E-state index in [9.17, 15) is 14.4 Å². The van der Waals surface area contributed by atoms with Gasteiger partial charge in [-0.1, -0.05) is 61.0 Å². The molecule has 7 rings (SSSR count). The van der Waals surface area contributed by atoms with Gasteiger partial charge in [0.2, 0.25) is 11.8 Å². The highest BCUT2D eigenvalue weighted by molar-refractivity contribution is 5.92. The average molecular weight is 680 g/mol. The number of fused-ring (bicyclic) bond motifs is 1. The number of nitrogens with zero attached hydrogens (tertiary/aromatic N) is 5. The monoisotopic (exact) mass is 679 g/mol. The highest BCUT2D eigenvalue weighted by Crippen LogP contribution is 2.28. The zero-order valence-electron chi connectivity index (χ0n) is 28.8. The van der Waals surface area contributed by atoms with Gasteiger partial charge in [0.25, 0.3) is 0 Å². The number of piperidine rings is 3. The first-order valence-corrected chi connectivity index (χ1v) is 18.4. The second-order valence-corrected chi connectivity index (χ2v) is 14.1. The first-order chi connectivity index (χ1) is 24.5. The second kappa shape index (κ2) is 15.9. The van der Waals surface area contributed by atoms with Crippen LogP contribution in [0, 0.1) is 0 Å². The van der Waals surface area contributed by atoms with Crippen LogP contribution >= 0.6 is 0 Å². The number of nitrogens with one attached hydrogen (secondary N) is 2. The van der Waals surface area contributed by atoms with E-state index in [1.165, 1.54) is 19.3 Å². The first-order valence-electron chi connectivity index (χ1n) is 18.4. The standard InChI is InChI=1S/C39H49N7O4/c47-37(44-21-15-32(16-22-44)43-19-7-2-8-20-43)35(25-30-13-14-36(40-26-30)50-28-29-9-3-1-4-10-29)42-38(48)45-23-17-33(18-24-45)46-27-31-11-5-6-12-34(31)41-39(46)49/h1,3-6,9-14,26,32-33,35H,2,7-8,15-25,27-28H2,(H,41,49)(H,42,48). The van der Waals surface area contributed by atoms with Crippen molar-refractivity contribution in [1.82, 2.24) is 29.9 Å². The number of pyridine rings is 1. The molecule has 3 aromatic rings. The molecule has 3 saturated heterocycles. The number of para-hydroxylation sites is 1. The van der Waals surface area contributed by atoms with Crippen LogP contribution in [-0.2, 0) is 24.4 Å². The number of ether oxygens (including phenoxy) is 1. The molecule has 4 aliphatic heterocycles. The van der Waals surface area contributed by atoms with Crippen molar-refractivity contribution < 1.29 is 19.1 Å². The third kappa shape index (κ3) is 8.21. The zero-order chi connectivity index (χ0) is 34.3. The smallest absolute Gasteiger partial charge is 0.322 e. The largest absolute Gasteiger partial charge is 0.473 e. The fraction of sp³-hybridized carbons (Fsp3) is 0.487. The number of aromatic nitrogens is 1. The van der Waals surface area contributed by atoms with Gasteiger partial charge in [-0.25, -0.2) is 14.6 Å². The van der Waals surface area contributed by atoms with Crippen molar-refractivity contribution in [1.29, 1.82) is 0 Å². The van der Waals surface area contributed by atoms with Crippen LogP contribution in [0.3, 0.4) is 0 Å². The van der Waals surface area contributed by atoms with E-state index in [0.29, 0.717) is 70.5 Å². The molecular weight excluding hydrogens is 630 g/mol. The Hall–Kier alpha value is -4.64. The average Bonchev–Trinajstić information content (AvgIpc) is 3.17. The molecule has 0 spiro atoms. The van der Waals surface area contributed by atoms with E-state index in [1.54, 1.807) is 11.1 Å². The predicted octanol–water partition coefficient (Wildman–Crippen LogP) is 5.27. The van der Waals surface area contributed by atoms with Crippen molar-refractivity contribution in [3.8, 4) is 5.88 Å². The van der Waals surface area contributed by atoms with E-state index >= 15 is 0 Å². The quantitative estimate of drug-likeness (QED) is 0.319. The molecule has 0 saturated carbocycles. The van der Waals surface area contributed by atoms with Gasteiger partial charge in [-0.3, -0.25) is 4.79 Å². The Balaban J connectivity index is 0.976. The highest BCUT2D eigenvalue weighted by Gasteiger charge is 2.35. The highest BCUT2D eigenvalue weighted by atomic mass is 16.5. The number of likely N-dealkylation sites (tertiary alicyclic amines) is 3. The summed E-state index contributed by atoms with van der Waals surface area (Å²) < 4.78 is 5.88. The van der Waals surface area contributed by atoms with Crippen molar-refractivity contribution in [2.45, 2.75) is 82.6 Å². The van der Waals surface area contributed by atoms with Crippen LogP contribution in [0.25, 0.3) is 0 Å². The minimum atomic E-state index is -0.714. The fourth-order valence-corrected chi connectivity index (χ4v) is 7.88. The molecule has 11 heteroatoms. The van der Waals surface area contributed by atoms with E-state index in [1.807, 2.05) is 76.5 Å². The minimum absolute atomic E-state index is 0.0414. The first kappa shape index (κ1) is 33.8. The number of anilines is 1. The second-order valence-electron chi connectivity index (χ2n) is 14.1. The zero-order valence-corrected chi connectivity index (χ0v) is 28.8. The molecule has 0 radical (unpaired) electrons. The molecule has 3 fully saturated rings. The Bertz CT molecular complexity index is 1600. The summed E-state index contributed by atoms with van der Waals surface area (Å²) in [7, 11) is 0. The molecule has 2 N–H and O–H groups in total. The maximum absolute atomic E-state index is 14.1. The van der Waals surface area contributed by atoms with Crippen molar-refractivity contribution in [3.05, 3.63) is 89.6 Å². The van der Waals surface area contributed by atoms with Crippen LogP contribution in [0.4, 0.5) is 15.3 Å².